The van der Waals surface area contributed by atoms with Crippen LogP contribution in [0.15, 0.2) is 40.4 Å². The van der Waals surface area contributed by atoms with E-state index in [-0.39, 0.29) is 17.2 Å². The van der Waals surface area contributed by atoms with Crippen molar-refractivity contribution in [3.05, 3.63) is 52.3 Å². The summed E-state index contributed by atoms with van der Waals surface area (Å²) in [5.41, 5.74) is 2.51. The second kappa shape index (κ2) is 9.71. The first-order valence-electron chi connectivity index (χ1n) is 11.4. The molecule has 8 nitrogen and oxygen atoms in total. The van der Waals surface area contributed by atoms with Gasteiger partial charge in [0.1, 0.15) is 10.5 Å². The molecule has 0 atom stereocenters. The second-order valence-corrected chi connectivity index (χ2v) is 9.81. The monoisotopic (exact) mass is 483 g/mol. The van der Waals surface area contributed by atoms with Gasteiger partial charge in [0.05, 0.1) is 29.8 Å². The summed E-state index contributed by atoms with van der Waals surface area (Å²) in [5, 5.41) is 7.33. The summed E-state index contributed by atoms with van der Waals surface area (Å²) in [5.74, 6) is 0.269. The van der Waals surface area contributed by atoms with E-state index in [1.54, 1.807) is 13.1 Å². The molecule has 1 aliphatic heterocycles. The van der Waals surface area contributed by atoms with E-state index in [1.807, 2.05) is 12.3 Å². The van der Waals surface area contributed by atoms with Crippen LogP contribution in [0.1, 0.15) is 31.2 Å². The fraction of sp³-hybridized carbons (Fsp3) is 0.417. The Kier molecular flexibility index (Phi) is 6.51. The average Bonchev–Trinajstić information content (AvgIpc) is 2.85. The largest absolute Gasteiger partial charge is 0.488 e. The minimum atomic E-state index is -0.558. The predicted molar refractivity (Wildman–Crippen MR) is 129 cm³/mol. The Labute approximate surface area is 200 Å². The normalized spacial score (nSPS) is 20.1. The Morgan fingerprint density at radius 1 is 1.21 bits per heavy atom. The first-order valence-corrected chi connectivity index (χ1v) is 12.4. The maximum Gasteiger partial charge on any atom is 0.250 e. The van der Waals surface area contributed by atoms with Crippen molar-refractivity contribution < 1.29 is 13.9 Å². The summed E-state index contributed by atoms with van der Waals surface area (Å²) in [4.78, 5) is 32.2. The van der Waals surface area contributed by atoms with Crippen molar-refractivity contribution in [2.45, 2.75) is 43.3 Å². The number of anilines is 1. The van der Waals surface area contributed by atoms with E-state index >= 15 is 0 Å². The minimum Gasteiger partial charge on any atom is -0.488 e. The summed E-state index contributed by atoms with van der Waals surface area (Å²) < 4.78 is 21.8. The van der Waals surface area contributed by atoms with E-state index in [9.17, 15) is 14.0 Å². The Morgan fingerprint density at radius 2 is 2.03 bits per heavy atom. The van der Waals surface area contributed by atoms with Gasteiger partial charge in [0, 0.05) is 31.9 Å². The first-order chi connectivity index (χ1) is 16.5. The van der Waals surface area contributed by atoms with E-state index < -0.39 is 5.82 Å². The fourth-order valence-corrected chi connectivity index (χ4v) is 5.28. The van der Waals surface area contributed by atoms with Gasteiger partial charge >= 0.3 is 0 Å². The van der Waals surface area contributed by atoms with Crippen molar-refractivity contribution in [2.75, 3.05) is 17.7 Å². The second-order valence-electron chi connectivity index (χ2n) is 8.84. The molecular weight excluding hydrogens is 457 g/mol. The number of amides is 1. The van der Waals surface area contributed by atoms with Gasteiger partial charge in [0.25, 0.3) is 5.56 Å². The van der Waals surface area contributed by atoms with Crippen LogP contribution in [-0.2, 0) is 18.4 Å². The highest BCUT2D eigenvalue weighted by Crippen LogP contribution is 2.31. The zero-order chi connectivity index (χ0) is 23.7. The van der Waals surface area contributed by atoms with E-state index in [0.717, 1.165) is 48.2 Å². The third-order valence-corrected chi connectivity index (χ3v) is 7.47. The quantitative estimate of drug-likeness (QED) is 0.555. The zero-order valence-corrected chi connectivity index (χ0v) is 19.7. The number of carbonyl (C=O) groups excluding carboxylic acids is 1. The molecule has 0 aromatic carbocycles. The number of hydrogen-bond donors (Lipinski definition) is 2. The van der Waals surface area contributed by atoms with Gasteiger partial charge in [-0.05, 0) is 49.3 Å². The molecule has 2 N–H and O–H groups in total. The van der Waals surface area contributed by atoms with Crippen LogP contribution >= 0.6 is 11.8 Å². The van der Waals surface area contributed by atoms with E-state index in [1.165, 1.54) is 22.4 Å². The number of halogens is 1. The molecule has 1 saturated carbocycles. The van der Waals surface area contributed by atoms with Crippen molar-refractivity contribution in [1.29, 1.82) is 0 Å². The summed E-state index contributed by atoms with van der Waals surface area (Å²) >= 11 is 1.46. The molecule has 3 aromatic rings. The molecule has 3 aromatic heterocycles. The van der Waals surface area contributed by atoms with E-state index in [2.05, 4.69) is 20.6 Å². The standard InChI is InChI=1S/C24H26FN5O3S/c1-30-21(32)7-6-18-22(30)23(17(25)11-27-18)33-12-14-2-4-16(5-3-14)26-9-15-8-19-24(28-10-15)34-13-20(31)29-19/h6-8,10-11,14,16,26H,2-5,9,12-13H2,1H3,(H,29,31). The molecule has 0 bridgehead atoms. The van der Waals surface area contributed by atoms with Crippen molar-refractivity contribution in [1.82, 2.24) is 19.9 Å². The summed E-state index contributed by atoms with van der Waals surface area (Å²) in [6.45, 7) is 1.09. The Bertz CT molecular complexity index is 1290. The highest BCUT2D eigenvalue weighted by atomic mass is 32.2. The maximum atomic E-state index is 14.5. The Balaban J connectivity index is 1.15. The molecule has 0 unspecified atom stereocenters. The van der Waals surface area contributed by atoms with E-state index in [4.69, 9.17) is 4.74 Å². The van der Waals surface area contributed by atoms with Crippen molar-refractivity contribution >= 4 is 34.4 Å². The van der Waals surface area contributed by atoms with Gasteiger partial charge in [-0.25, -0.2) is 9.37 Å². The molecule has 178 valence electrons. The lowest BCUT2D eigenvalue weighted by Gasteiger charge is -2.29. The van der Waals surface area contributed by atoms with Crippen molar-refractivity contribution in [3.8, 4) is 5.75 Å². The molecule has 2 aliphatic rings. The number of thioether (sulfide) groups is 1. The van der Waals surface area contributed by atoms with Crippen LogP contribution < -0.4 is 20.9 Å². The van der Waals surface area contributed by atoms with Gasteiger partial charge in [0.2, 0.25) is 5.91 Å². The van der Waals surface area contributed by atoms with Crippen LogP contribution in [-0.4, -0.2) is 38.8 Å². The van der Waals surface area contributed by atoms with Crippen LogP contribution in [0.2, 0.25) is 0 Å². The number of ether oxygens (including phenoxy) is 1. The predicted octanol–water partition coefficient (Wildman–Crippen LogP) is 3.24. The van der Waals surface area contributed by atoms with Gasteiger partial charge in [0.15, 0.2) is 11.6 Å². The van der Waals surface area contributed by atoms with E-state index in [0.29, 0.717) is 41.9 Å². The molecule has 0 saturated heterocycles. The number of aryl methyl sites for hydroxylation is 1. The van der Waals surface area contributed by atoms with Crippen LogP contribution in [0.25, 0.3) is 11.0 Å². The van der Waals surface area contributed by atoms with Gasteiger partial charge < -0.3 is 19.9 Å². The summed E-state index contributed by atoms with van der Waals surface area (Å²) in [7, 11) is 1.60. The molecular formula is C24H26FN5O3S. The van der Waals surface area contributed by atoms with Gasteiger partial charge in [-0.3, -0.25) is 14.6 Å². The van der Waals surface area contributed by atoms with Crippen LogP contribution in [0.3, 0.4) is 0 Å². The molecule has 34 heavy (non-hydrogen) atoms. The molecule has 1 aliphatic carbocycles. The number of nitrogens with one attached hydrogen (secondary N) is 2. The smallest absolute Gasteiger partial charge is 0.250 e. The van der Waals surface area contributed by atoms with Gasteiger partial charge in [-0.2, -0.15) is 0 Å². The fourth-order valence-electron chi connectivity index (χ4n) is 4.54. The number of rotatable bonds is 6. The highest BCUT2D eigenvalue weighted by molar-refractivity contribution is 8.00. The summed E-state index contributed by atoms with van der Waals surface area (Å²) in [6.07, 6.45) is 6.93. The Morgan fingerprint density at radius 3 is 2.85 bits per heavy atom. The molecule has 10 heteroatoms. The van der Waals surface area contributed by atoms with Gasteiger partial charge in [-0.15, -0.1) is 0 Å². The zero-order valence-electron chi connectivity index (χ0n) is 18.8. The van der Waals surface area contributed by atoms with Crippen LogP contribution in [0.4, 0.5) is 10.1 Å². The summed E-state index contributed by atoms with van der Waals surface area (Å²) in [6, 6.07) is 5.38. The lowest BCUT2D eigenvalue weighted by atomic mass is 9.86. The minimum absolute atomic E-state index is 0.00631. The topological polar surface area (TPSA) is 98.1 Å². The SMILES string of the molecule is Cn1c(=O)ccc2ncc(F)c(OCC3CCC(NCc4cnc5c(c4)NC(=O)CS5)CC3)c21. The molecule has 0 spiro atoms. The number of hydrogen-bond acceptors (Lipinski definition) is 7. The van der Waals surface area contributed by atoms with Crippen LogP contribution in [0, 0.1) is 11.7 Å². The number of fused-ring (bicyclic) bond motifs is 2. The number of aromatic nitrogens is 3. The number of carbonyl (C=O) groups is 1. The molecule has 1 amide bonds. The third kappa shape index (κ3) is 4.78. The number of nitrogens with zero attached hydrogens (tertiary/aromatic N) is 3. The molecule has 5 rings (SSSR count). The lowest BCUT2D eigenvalue weighted by molar-refractivity contribution is -0.113. The molecule has 4 heterocycles. The van der Waals surface area contributed by atoms with Crippen molar-refractivity contribution in [2.24, 2.45) is 13.0 Å². The van der Waals surface area contributed by atoms with Gasteiger partial charge in [-0.1, -0.05) is 11.8 Å². The highest BCUT2D eigenvalue weighted by Gasteiger charge is 2.23. The van der Waals surface area contributed by atoms with Crippen molar-refractivity contribution in [3.63, 3.8) is 0 Å². The average molecular weight is 484 g/mol. The lowest BCUT2D eigenvalue weighted by Crippen LogP contribution is -2.34. The Hall–Kier alpha value is -2.98. The first kappa shape index (κ1) is 22.8. The third-order valence-electron chi connectivity index (χ3n) is 6.47. The molecule has 1 fully saturated rings. The molecule has 0 radical (unpaired) electrons. The number of pyridine rings is 3. The maximum absolute atomic E-state index is 14.5. The van der Waals surface area contributed by atoms with Crippen LogP contribution in [0.5, 0.6) is 5.75 Å².